The van der Waals surface area contributed by atoms with E-state index in [1.807, 2.05) is 0 Å². The minimum atomic E-state index is -4.47. The minimum absolute atomic E-state index is 0.190. The first-order valence-corrected chi connectivity index (χ1v) is 7.80. The highest BCUT2D eigenvalue weighted by Gasteiger charge is 2.30. The number of hydrogen-bond donors (Lipinski definition) is 0. The molecule has 9 heteroatoms. The van der Waals surface area contributed by atoms with Gasteiger partial charge in [0.1, 0.15) is 5.82 Å². The van der Waals surface area contributed by atoms with Crippen LogP contribution in [0.4, 0.5) is 23.2 Å². The topological polar surface area (TPSA) is 39.4 Å². The van der Waals surface area contributed by atoms with Crippen LogP contribution in [-0.2, 0) is 6.18 Å². The highest BCUT2D eigenvalue weighted by atomic mass is 32.1. The molecular weight excluding hydrogens is 358 g/mol. The van der Waals surface area contributed by atoms with Crippen molar-refractivity contribution in [3.05, 3.63) is 64.7 Å². The molecule has 0 aliphatic rings. The standard InChI is InChI=1S/C16H11F4N3OS/c1-24-15-22-23(13-4-2-3-10(9-13)16(18,19)20)14(25-15)21-12-7-5-11(17)6-8-12/h2-9H,1H3. The van der Waals surface area contributed by atoms with Crippen LogP contribution in [0.1, 0.15) is 5.56 Å². The third kappa shape index (κ3) is 3.87. The molecule has 0 N–H and O–H groups in total. The highest BCUT2D eigenvalue weighted by molar-refractivity contribution is 7.10. The summed E-state index contributed by atoms with van der Waals surface area (Å²) in [6.07, 6.45) is -4.47. The molecule has 0 amide bonds. The number of nitrogens with zero attached hydrogens (tertiary/aromatic N) is 3. The molecule has 0 aliphatic heterocycles. The third-order valence-electron chi connectivity index (χ3n) is 3.19. The molecule has 0 aliphatic carbocycles. The molecule has 25 heavy (non-hydrogen) atoms. The normalized spacial score (nSPS) is 12.4. The van der Waals surface area contributed by atoms with Gasteiger partial charge in [0.25, 0.3) is 5.19 Å². The molecular formula is C16H11F4N3OS. The first kappa shape index (κ1) is 17.2. The lowest BCUT2D eigenvalue weighted by molar-refractivity contribution is -0.137. The molecule has 0 bridgehead atoms. The highest BCUT2D eigenvalue weighted by Crippen LogP contribution is 2.30. The fourth-order valence-corrected chi connectivity index (χ4v) is 2.77. The van der Waals surface area contributed by atoms with Crippen molar-refractivity contribution in [1.29, 1.82) is 0 Å². The van der Waals surface area contributed by atoms with E-state index < -0.39 is 17.6 Å². The molecule has 3 aromatic rings. The average Bonchev–Trinajstić information content (AvgIpc) is 2.99. The number of hydrogen-bond acceptors (Lipinski definition) is 4. The van der Waals surface area contributed by atoms with Crippen molar-refractivity contribution < 1.29 is 22.3 Å². The van der Waals surface area contributed by atoms with Gasteiger partial charge in [-0.25, -0.2) is 14.1 Å². The second kappa shape index (κ2) is 6.67. The summed E-state index contributed by atoms with van der Waals surface area (Å²) in [4.78, 5) is 4.60. The summed E-state index contributed by atoms with van der Waals surface area (Å²) in [6, 6.07) is 10.1. The summed E-state index contributed by atoms with van der Waals surface area (Å²) < 4.78 is 58.1. The van der Waals surface area contributed by atoms with Crippen molar-refractivity contribution in [2.45, 2.75) is 6.18 Å². The molecule has 4 nitrogen and oxygen atoms in total. The Hall–Kier alpha value is -2.68. The lowest BCUT2D eigenvalue weighted by Gasteiger charge is -2.08. The van der Waals surface area contributed by atoms with Crippen LogP contribution in [0, 0.1) is 5.82 Å². The zero-order chi connectivity index (χ0) is 18.0. The van der Waals surface area contributed by atoms with Crippen molar-refractivity contribution in [2.24, 2.45) is 4.99 Å². The van der Waals surface area contributed by atoms with Crippen LogP contribution in [0.15, 0.2) is 53.5 Å². The summed E-state index contributed by atoms with van der Waals surface area (Å²) in [5.74, 6) is -0.411. The smallest absolute Gasteiger partial charge is 0.416 e. The van der Waals surface area contributed by atoms with E-state index in [-0.39, 0.29) is 10.9 Å². The van der Waals surface area contributed by atoms with Crippen LogP contribution in [-0.4, -0.2) is 16.9 Å². The van der Waals surface area contributed by atoms with E-state index in [1.165, 1.54) is 48.2 Å². The van der Waals surface area contributed by atoms with Gasteiger partial charge in [-0.15, -0.1) is 5.10 Å². The van der Waals surface area contributed by atoms with Gasteiger partial charge in [-0.05, 0) is 53.8 Å². The Kier molecular flexibility index (Phi) is 4.58. The fraction of sp³-hybridized carbons (Fsp3) is 0.125. The number of rotatable bonds is 3. The van der Waals surface area contributed by atoms with Crippen molar-refractivity contribution >= 4 is 17.0 Å². The predicted molar refractivity (Wildman–Crippen MR) is 84.6 cm³/mol. The summed E-state index contributed by atoms with van der Waals surface area (Å²) >= 11 is 1.05. The summed E-state index contributed by atoms with van der Waals surface area (Å²) in [7, 11) is 1.40. The van der Waals surface area contributed by atoms with Crippen molar-refractivity contribution in [2.75, 3.05) is 7.11 Å². The molecule has 130 valence electrons. The quantitative estimate of drug-likeness (QED) is 0.645. The van der Waals surface area contributed by atoms with Crippen LogP contribution in [0.3, 0.4) is 0 Å². The van der Waals surface area contributed by atoms with Gasteiger partial charge in [-0.3, -0.25) is 0 Å². The van der Waals surface area contributed by atoms with Gasteiger partial charge in [0.2, 0.25) is 4.80 Å². The Labute approximate surface area is 143 Å². The maximum absolute atomic E-state index is 13.0. The van der Waals surface area contributed by atoms with Crippen LogP contribution >= 0.6 is 11.3 Å². The largest absolute Gasteiger partial charge is 0.472 e. The molecule has 2 aromatic carbocycles. The summed E-state index contributed by atoms with van der Waals surface area (Å²) in [5.41, 5.74) is -0.166. The van der Waals surface area contributed by atoms with Crippen LogP contribution in [0.25, 0.3) is 5.69 Å². The zero-order valence-corrected chi connectivity index (χ0v) is 13.6. The number of aromatic nitrogens is 2. The number of halogens is 4. The van der Waals surface area contributed by atoms with Gasteiger partial charge < -0.3 is 4.74 Å². The zero-order valence-electron chi connectivity index (χ0n) is 12.8. The molecule has 0 saturated carbocycles. The first-order chi connectivity index (χ1) is 11.9. The van der Waals surface area contributed by atoms with Gasteiger partial charge in [-0.2, -0.15) is 13.2 Å². The molecule has 1 heterocycles. The Bertz CT molecular complexity index is 945. The first-order valence-electron chi connectivity index (χ1n) is 6.99. The van der Waals surface area contributed by atoms with Crippen molar-refractivity contribution in [3.8, 4) is 10.9 Å². The van der Waals surface area contributed by atoms with E-state index in [0.717, 1.165) is 23.5 Å². The Morgan fingerprint density at radius 2 is 1.84 bits per heavy atom. The monoisotopic (exact) mass is 369 g/mol. The predicted octanol–water partition coefficient (Wildman–Crippen LogP) is 4.33. The molecule has 1 aromatic heterocycles. The van der Waals surface area contributed by atoms with E-state index in [4.69, 9.17) is 4.74 Å². The minimum Gasteiger partial charge on any atom is -0.472 e. The maximum atomic E-state index is 13.0. The van der Waals surface area contributed by atoms with Gasteiger partial charge in [0.15, 0.2) is 0 Å². The Morgan fingerprint density at radius 1 is 1.12 bits per heavy atom. The molecule has 0 fully saturated rings. The van der Waals surface area contributed by atoms with E-state index in [1.54, 1.807) is 0 Å². The molecule has 0 atom stereocenters. The molecule has 3 rings (SSSR count). The summed E-state index contributed by atoms with van der Waals surface area (Å²) in [5, 5.41) is 4.35. The lowest BCUT2D eigenvalue weighted by atomic mass is 10.2. The lowest BCUT2D eigenvalue weighted by Crippen LogP contribution is -2.15. The Balaban J connectivity index is 2.14. The SMILES string of the molecule is COc1nn(-c2cccc(C(F)(F)F)c2)c(=Nc2ccc(F)cc2)s1. The number of benzene rings is 2. The summed E-state index contributed by atoms with van der Waals surface area (Å²) in [6.45, 7) is 0. The third-order valence-corrected chi connectivity index (χ3v) is 4.06. The Morgan fingerprint density at radius 3 is 2.48 bits per heavy atom. The number of alkyl halides is 3. The van der Waals surface area contributed by atoms with Crippen molar-refractivity contribution in [1.82, 2.24) is 9.78 Å². The molecule has 0 saturated heterocycles. The number of ether oxygens (including phenoxy) is 1. The van der Waals surface area contributed by atoms with Crippen molar-refractivity contribution in [3.63, 3.8) is 0 Å². The van der Waals surface area contributed by atoms with Crippen LogP contribution < -0.4 is 9.54 Å². The second-order valence-electron chi connectivity index (χ2n) is 4.90. The second-order valence-corrected chi connectivity index (χ2v) is 5.82. The number of methoxy groups -OCH3 is 1. The molecule has 0 radical (unpaired) electrons. The van der Waals surface area contributed by atoms with Crippen LogP contribution in [0.2, 0.25) is 0 Å². The van der Waals surface area contributed by atoms with Gasteiger partial charge in [-0.1, -0.05) is 6.07 Å². The van der Waals surface area contributed by atoms with E-state index in [2.05, 4.69) is 10.1 Å². The molecule has 0 unspecified atom stereocenters. The van der Waals surface area contributed by atoms with E-state index in [9.17, 15) is 17.6 Å². The van der Waals surface area contributed by atoms with Gasteiger partial charge >= 0.3 is 6.18 Å². The van der Waals surface area contributed by atoms with E-state index >= 15 is 0 Å². The average molecular weight is 369 g/mol. The van der Waals surface area contributed by atoms with E-state index in [0.29, 0.717) is 10.5 Å². The fourth-order valence-electron chi connectivity index (χ4n) is 2.03. The van der Waals surface area contributed by atoms with Crippen LogP contribution in [0.5, 0.6) is 5.19 Å². The maximum Gasteiger partial charge on any atom is 0.416 e. The van der Waals surface area contributed by atoms with Gasteiger partial charge in [0.05, 0.1) is 24.0 Å². The van der Waals surface area contributed by atoms with Gasteiger partial charge in [0, 0.05) is 0 Å². The molecule has 0 spiro atoms.